The average molecular weight is 260 g/mol. The lowest BCUT2D eigenvalue weighted by atomic mass is 9.88. The molecule has 1 spiro atoms. The van der Waals surface area contributed by atoms with Gasteiger partial charge in [-0.05, 0) is 40.5 Å². The van der Waals surface area contributed by atoms with E-state index in [0.717, 1.165) is 18.3 Å². The normalized spacial score (nSPS) is 24.2. The van der Waals surface area contributed by atoms with Crippen LogP contribution in [0.15, 0.2) is 61.2 Å². The van der Waals surface area contributed by atoms with E-state index in [1.54, 1.807) is 11.1 Å². The van der Waals surface area contributed by atoms with Crippen molar-refractivity contribution in [1.82, 2.24) is 0 Å². The minimum absolute atomic E-state index is 0.274. The molecule has 1 fully saturated rings. The van der Waals surface area contributed by atoms with Crippen LogP contribution in [-0.4, -0.2) is 0 Å². The van der Waals surface area contributed by atoms with Gasteiger partial charge in [0.15, 0.2) is 0 Å². The lowest BCUT2D eigenvalue weighted by molar-refractivity contribution is 0.679. The zero-order valence-corrected chi connectivity index (χ0v) is 12.0. The van der Waals surface area contributed by atoms with Gasteiger partial charge in [-0.3, -0.25) is 0 Å². The maximum Gasteiger partial charge on any atom is 0.0280 e. The standard InChI is InChI=1S/C20H20/c1-3-9-19-16(4-2)20(19)17-12-7-5-10-14(17)15-11-6-8-13-18(15)20/h3,5-8,10-13,16,19H,1,4,9H2,2H3/t16-,19+/m1/s1. The molecule has 0 N–H and O–H groups in total. The second-order valence-corrected chi connectivity index (χ2v) is 6.11. The van der Waals surface area contributed by atoms with Crippen LogP contribution in [0.3, 0.4) is 0 Å². The molecule has 0 bridgehead atoms. The Balaban J connectivity index is 1.99. The summed E-state index contributed by atoms with van der Waals surface area (Å²) in [6, 6.07) is 18.0. The average Bonchev–Trinajstić information content (AvgIpc) is 3.05. The second-order valence-electron chi connectivity index (χ2n) is 6.11. The van der Waals surface area contributed by atoms with Gasteiger partial charge in [0.2, 0.25) is 0 Å². The van der Waals surface area contributed by atoms with Crippen LogP contribution in [0, 0.1) is 11.8 Å². The molecule has 0 unspecified atom stereocenters. The Hall–Kier alpha value is -1.82. The van der Waals surface area contributed by atoms with Gasteiger partial charge in [-0.2, -0.15) is 0 Å². The van der Waals surface area contributed by atoms with Gasteiger partial charge in [-0.15, -0.1) is 6.58 Å². The van der Waals surface area contributed by atoms with Crippen LogP contribution in [-0.2, 0) is 5.41 Å². The number of fused-ring (bicyclic) bond motifs is 5. The predicted molar refractivity (Wildman–Crippen MR) is 84.7 cm³/mol. The van der Waals surface area contributed by atoms with E-state index in [1.807, 2.05) is 0 Å². The SMILES string of the molecule is C=CC[C@H]1[C@@H](CC)C12c1ccccc1-c1ccccc12. The molecular formula is C20H20. The third kappa shape index (κ3) is 1.22. The fourth-order valence-electron chi connectivity index (χ4n) is 4.78. The maximum absolute atomic E-state index is 3.98. The Morgan fingerprint density at radius 3 is 2.00 bits per heavy atom. The van der Waals surface area contributed by atoms with E-state index < -0.39 is 0 Å². The lowest BCUT2D eigenvalue weighted by Crippen LogP contribution is -2.10. The molecule has 0 amide bonds. The van der Waals surface area contributed by atoms with Crippen LogP contribution in [0.4, 0.5) is 0 Å². The zero-order chi connectivity index (χ0) is 13.7. The smallest absolute Gasteiger partial charge is 0.0280 e. The van der Waals surface area contributed by atoms with Gasteiger partial charge in [-0.1, -0.05) is 68.0 Å². The topological polar surface area (TPSA) is 0 Å². The summed E-state index contributed by atoms with van der Waals surface area (Å²) < 4.78 is 0. The number of benzene rings is 2. The van der Waals surface area contributed by atoms with Crippen molar-refractivity contribution in [2.24, 2.45) is 11.8 Å². The summed E-state index contributed by atoms with van der Waals surface area (Å²) in [5, 5.41) is 0. The fourth-order valence-corrected chi connectivity index (χ4v) is 4.78. The van der Waals surface area contributed by atoms with E-state index >= 15 is 0 Å². The molecule has 4 rings (SSSR count). The van der Waals surface area contributed by atoms with E-state index in [-0.39, 0.29) is 5.41 Å². The molecule has 0 radical (unpaired) electrons. The summed E-state index contributed by atoms with van der Waals surface area (Å²) in [4.78, 5) is 0. The Bertz CT molecular complexity index is 634. The predicted octanol–water partition coefficient (Wildman–Crippen LogP) is 5.19. The Morgan fingerprint density at radius 2 is 1.50 bits per heavy atom. The molecule has 0 heteroatoms. The van der Waals surface area contributed by atoms with Gasteiger partial charge in [0.25, 0.3) is 0 Å². The minimum Gasteiger partial charge on any atom is -0.103 e. The van der Waals surface area contributed by atoms with Crippen LogP contribution in [0.2, 0.25) is 0 Å². The Morgan fingerprint density at radius 1 is 0.950 bits per heavy atom. The first-order valence-corrected chi connectivity index (χ1v) is 7.66. The fraction of sp³-hybridized carbons (Fsp3) is 0.300. The van der Waals surface area contributed by atoms with Gasteiger partial charge in [0.1, 0.15) is 0 Å². The molecule has 2 aromatic carbocycles. The molecule has 0 aromatic heterocycles. The summed E-state index contributed by atoms with van der Waals surface area (Å²) in [5.74, 6) is 1.50. The number of allylic oxidation sites excluding steroid dienone is 1. The highest BCUT2D eigenvalue weighted by Gasteiger charge is 2.67. The first kappa shape index (κ1) is 12.0. The number of hydrogen-bond donors (Lipinski definition) is 0. The quantitative estimate of drug-likeness (QED) is 0.667. The van der Waals surface area contributed by atoms with Crippen molar-refractivity contribution in [3.05, 3.63) is 72.3 Å². The van der Waals surface area contributed by atoms with Crippen LogP contribution in [0.5, 0.6) is 0 Å². The largest absolute Gasteiger partial charge is 0.103 e. The first-order valence-electron chi connectivity index (χ1n) is 7.66. The molecule has 20 heavy (non-hydrogen) atoms. The highest BCUT2D eigenvalue weighted by atomic mass is 14.7. The molecule has 0 saturated heterocycles. The molecule has 2 aliphatic rings. The third-order valence-electron chi connectivity index (χ3n) is 5.44. The highest BCUT2D eigenvalue weighted by molar-refractivity contribution is 5.83. The van der Waals surface area contributed by atoms with Crippen molar-refractivity contribution in [2.45, 2.75) is 25.2 Å². The van der Waals surface area contributed by atoms with Crippen LogP contribution >= 0.6 is 0 Å². The van der Waals surface area contributed by atoms with Gasteiger partial charge in [0, 0.05) is 5.41 Å². The van der Waals surface area contributed by atoms with Crippen molar-refractivity contribution in [3.8, 4) is 11.1 Å². The van der Waals surface area contributed by atoms with Crippen LogP contribution in [0.1, 0.15) is 30.9 Å². The summed E-state index contributed by atoms with van der Waals surface area (Å²) in [6.07, 6.45) is 4.48. The van der Waals surface area contributed by atoms with Gasteiger partial charge in [-0.25, -0.2) is 0 Å². The molecule has 2 atom stereocenters. The third-order valence-corrected chi connectivity index (χ3v) is 5.44. The van der Waals surface area contributed by atoms with Gasteiger partial charge < -0.3 is 0 Å². The van der Waals surface area contributed by atoms with Gasteiger partial charge in [0.05, 0.1) is 0 Å². The van der Waals surface area contributed by atoms with E-state index in [9.17, 15) is 0 Å². The Labute approximate surface area is 121 Å². The van der Waals surface area contributed by atoms with E-state index in [2.05, 4.69) is 68.1 Å². The monoisotopic (exact) mass is 260 g/mol. The molecule has 0 nitrogen and oxygen atoms in total. The molecule has 0 aliphatic heterocycles. The Kier molecular flexibility index (Phi) is 2.44. The van der Waals surface area contributed by atoms with Gasteiger partial charge >= 0.3 is 0 Å². The number of hydrogen-bond acceptors (Lipinski definition) is 0. The highest BCUT2D eigenvalue weighted by Crippen LogP contribution is 2.72. The summed E-state index contributed by atoms with van der Waals surface area (Å²) in [7, 11) is 0. The van der Waals surface area contributed by atoms with Crippen molar-refractivity contribution >= 4 is 0 Å². The molecule has 1 saturated carbocycles. The van der Waals surface area contributed by atoms with Crippen LogP contribution in [0.25, 0.3) is 11.1 Å². The molecule has 2 aliphatic carbocycles. The van der Waals surface area contributed by atoms with E-state index in [4.69, 9.17) is 0 Å². The summed E-state index contributed by atoms with van der Waals surface area (Å²) in [5.41, 5.74) is 6.29. The van der Waals surface area contributed by atoms with Crippen LogP contribution < -0.4 is 0 Å². The first-order chi connectivity index (χ1) is 9.85. The van der Waals surface area contributed by atoms with E-state index in [0.29, 0.717) is 0 Å². The zero-order valence-electron chi connectivity index (χ0n) is 12.0. The molecular weight excluding hydrogens is 240 g/mol. The van der Waals surface area contributed by atoms with Crippen molar-refractivity contribution < 1.29 is 0 Å². The summed E-state index contributed by atoms with van der Waals surface area (Å²) in [6.45, 7) is 6.31. The maximum atomic E-state index is 3.98. The van der Waals surface area contributed by atoms with E-state index in [1.165, 1.54) is 17.5 Å². The number of rotatable bonds is 3. The summed E-state index contributed by atoms with van der Waals surface area (Å²) >= 11 is 0. The van der Waals surface area contributed by atoms with Crippen molar-refractivity contribution in [1.29, 1.82) is 0 Å². The lowest BCUT2D eigenvalue weighted by Gasteiger charge is -2.14. The molecule has 0 heterocycles. The van der Waals surface area contributed by atoms with Crippen molar-refractivity contribution in [3.63, 3.8) is 0 Å². The molecule has 2 aromatic rings. The second kappa shape index (κ2) is 4.09. The molecule has 100 valence electrons. The minimum atomic E-state index is 0.274. The van der Waals surface area contributed by atoms with Crippen molar-refractivity contribution in [2.75, 3.05) is 0 Å².